The number of aromatic nitrogens is 2. The fourth-order valence-electron chi connectivity index (χ4n) is 7.61. The van der Waals surface area contributed by atoms with Crippen molar-refractivity contribution in [1.29, 1.82) is 0 Å². The Labute approximate surface area is 341 Å². The average molecular weight is 905 g/mol. The molecule has 284 valence electrons. The molecule has 0 amide bonds. The normalized spacial score (nSPS) is 13.0. The van der Waals surface area contributed by atoms with E-state index in [4.69, 9.17) is 9.72 Å². The maximum atomic E-state index is 6.59. The Balaban J connectivity index is 0.00000465. The first-order valence-electron chi connectivity index (χ1n) is 19.2. The fraction of sp³-hybridized carbons (Fsp3) is 0.265. The number of anilines is 4. The van der Waals surface area contributed by atoms with E-state index in [1.807, 2.05) is 24.4 Å². The van der Waals surface area contributed by atoms with Gasteiger partial charge in [-0.3, -0.25) is 0 Å². The molecule has 0 aliphatic carbocycles. The standard InChI is InChI=1S/C49H49N4O.Pt/c1-31(2)34-25-41(32(3)4)48(42(26-34)33(5)6)52-30-51(44-19-12-13-20-45(44)52)36-15-14-16-37(28-36)54-38-21-22-40-39-17-10-11-18-43(39)53(46(40)29-38)47-27-35(23-24-50-47)49(7,8)9;/h10-27,30-33H,1-9H3;/q-3;. The zero-order valence-electron chi connectivity index (χ0n) is 33.2. The third-order valence-corrected chi connectivity index (χ3v) is 10.6. The van der Waals surface area contributed by atoms with Crippen LogP contribution in [0.1, 0.15) is 102 Å². The van der Waals surface area contributed by atoms with Gasteiger partial charge in [0.25, 0.3) is 0 Å². The van der Waals surface area contributed by atoms with Crippen LogP contribution >= 0.6 is 0 Å². The van der Waals surface area contributed by atoms with Crippen molar-refractivity contribution in [1.82, 2.24) is 9.55 Å². The summed E-state index contributed by atoms with van der Waals surface area (Å²) in [6, 6.07) is 43.6. The van der Waals surface area contributed by atoms with Crippen LogP contribution in [0.15, 0.2) is 109 Å². The number of para-hydroxylation sites is 3. The molecular weight excluding hydrogens is 856 g/mol. The molecule has 3 heterocycles. The molecule has 8 rings (SSSR count). The van der Waals surface area contributed by atoms with Crippen LogP contribution in [0.25, 0.3) is 27.6 Å². The molecule has 0 saturated carbocycles. The Hall–Kier alpha value is -4.86. The minimum Gasteiger partial charge on any atom is -0.509 e. The van der Waals surface area contributed by atoms with Crippen molar-refractivity contribution in [2.24, 2.45) is 0 Å². The molecule has 0 radical (unpaired) electrons. The van der Waals surface area contributed by atoms with Gasteiger partial charge in [0.15, 0.2) is 0 Å². The molecule has 0 unspecified atom stereocenters. The molecule has 6 heteroatoms. The van der Waals surface area contributed by atoms with Crippen LogP contribution in [0.3, 0.4) is 0 Å². The van der Waals surface area contributed by atoms with Gasteiger partial charge in [0.1, 0.15) is 5.82 Å². The van der Waals surface area contributed by atoms with Gasteiger partial charge in [-0.05, 0) is 81.1 Å². The van der Waals surface area contributed by atoms with Gasteiger partial charge in [0.2, 0.25) is 0 Å². The van der Waals surface area contributed by atoms with Crippen LogP contribution in [-0.2, 0) is 26.5 Å². The van der Waals surface area contributed by atoms with Gasteiger partial charge in [-0.1, -0.05) is 110 Å². The number of hydrogen-bond donors (Lipinski definition) is 0. The summed E-state index contributed by atoms with van der Waals surface area (Å²) < 4.78 is 8.79. The first-order chi connectivity index (χ1) is 25.9. The van der Waals surface area contributed by atoms with Crippen molar-refractivity contribution < 1.29 is 25.8 Å². The molecule has 2 aromatic heterocycles. The van der Waals surface area contributed by atoms with E-state index in [9.17, 15) is 0 Å². The van der Waals surface area contributed by atoms with E-state index in [1.54, 1.807) is 0 Å². The molecule has 5 nitrogen and oxygen atoms in total. The quantitative estimate of drug-likeness (QED) is 0.142. The molecule has 0 atom stereocenters. The fourth-order valence-corrected chi connectivity index (χ4v) is 7.61. The van der Waals surface area contributed by atoms with E-state index in [-0.39, 0.29) is 26.5 Å². The molecular formula is C49H49N4OPt-3. The molecule has 0 bridgehead atoms. The summed E-state index contributed by atoms with van der Waals surface area (Å²) in [7, 11) is 0. The number of fused-ring (bicyclic) bond motifs is 4. The predicted octanol–water partition coefficient (Wildman–Crippen LogP) is 13.6. The van der Waals surface area contributed by atoms with E-state index < -0.39 is 0 Å². The summed E-state index contributed by atoms with van der Waals surface area (Å²) in [5.74, 6) is 3.28. The molecule has 5 aromatic carbocycles. The predicted molar refractivity (Wildman–Crippen MR) is 225 cm³/mol. The molecule has 7 aromatic rings. The summed E-state index contributed by atoms with van der Waals surface area (Å²) in [5, 5.41) is 2.25. The largest absolute Gasteiger partial charge is 0.509 e. The second-order valence-corrected chi connectivity index (χ2v) is 16.4. The van der Waals surface area contributed by atoms with Crippen molar-refractivity contribution in [2.45, 2.75) is 85.5 Å². The zero-order chi connectivity index (χ0) is 37.9. The van der Waals surface area contributed by atoms with E-state index in [0.717, 1.165) is 44.7 Å². The molecule has 0 spiro atoms. The SMILES string of the molecule is CC(C)c1cc(C(C)C)c(N2[CH-]N(c3[c-]c(Oc4[c-]c5c(cc4)c4ccccc4n5-c4cc(C(C)(C)C)ccn4)ccc3)c3ccccc32)c(C(C)C)c1.[Pt]. The average Bonchev–Trinajstić information content (AvgIpc) is 3.70. The Morgan fingerprint density at radius 3 is 1.98 bits per heavy atom. The van der Waals surface area contributed by atoms with Crippen LogP contribution in [0.4, 0.5) is 22.7 Å². The molecule has 55 heavy (non-hydrogen) atoms. The van der Waals surface area contributed by atoms with Gasteiger partial charge in [-0.25, -0.2) is 4.98 Å². The molecule has 0 saturated heterocycles. The van der Waals surface area contributed by atoms with Gasteiger partial charge < -0.3 is 19.1 Å². The second-order valence-electron chi connectivity index (χ2n) is 16.4. The minimum absolute atomic E-state index is 0. The van der Waals surface area contributed by atoms with Gasteiger partial charge in [-0.15, -0.1) is 48.1 Å². The van der Waals surface area contributed by atoms with Gasteiger partial charge in [0.05, 0.1) is 0 Å². The smallest absolute Gasteiger partial charge is 0.135 e. The van der Waals surface area contributed by atoms with Crippen molar-refractivity contribution in [2.75, 3.05) is 9.80 Å². The Morgan fingerprint density at radius 1 is 0.655 bits per heavy atom. The third kappa shape index (κ3) is 7.09. The molecule has 0 fully saturated rings. The van der Waals surface area contributed by atoms with Crippen molar-refractivity contribution in [3.05, 3.63) is 150 Å². The van der Waals surface area contributed by atoms with E-state index in [1.165, 1.54) is 27.9 Å². The topological polar surface area (TPSA) is 33.5 Å². The maximum absolute atomic E-state index is 6.59. The minimum atomic E-state index is -0.00851. The number of pyridine rings is 1. The van der Waals surface area contributed by atoms with Crippen LogP contribution in [0.2, 0.25) is 0 Å². The summed E-state index contributed by atoms with van der Waals surface area (Å²) in [6.45, 7) is 22.7. The van der Waals surface area contributed by atoms with E-state index >= 15 is 0 Å². The third-order valence-electron chi connectivity index (χ3n) is 10.6. The Kier molecular flexibility index (Phi) is 10.5. The summed E-state index contributed by atoms with van der Waals surface area (Å²) in [4.78, 5) is 9.45. The van der Waals surface area contributed by atoms with Crippen LogP contribution in [0.5, 0.6) is 11.5 Å². The first-order valence-corrected chi connectivity index (χ1v) is 19.2. The number of benzene rings is 5. The molecule has 0 N–H and O–H groups in total. The number of ether oxygens (including phenoxy) is 1. The van der Waals surface area contributed by atoms with Crippen LogP contribution in [-0.4, -0.2) is 9.55 Å². The first kappa shape index (κ1) is 38.4. The van der Waals surface area contributed by atoms with Crippen LogP contribution < -0.4 is 14.5 Å². The monoisotopic (exact) mass is 904 g/mol. The van der Waals surface area contributed by atoms with Crippen molar-refractivity contribution >= 4 is 44.6 Å². The summed E-state index contributed by atoms with van der Waals surface area (Å²) >= 11 is 0. The zero-order valence-corrected chi connectivity index (χ0v) is 35.5. The van der Waals surface area contributed by atoms with E-state index in [2.05, 4.69) is 180 Å². The summed E-state index contributed by atoms with van der Waals surface area (Å²) in [5.41, 5.74) is 11.8. The number of nitrogens with zero attached hydrogens (tertiary/aromatic N) is 4. The Bertz CT molecular complexity index is 2480. The van der Waals surface area contributed by atoms with Crippen LogP contribution in [0, 0.1) is 18.8 Å². The molecule has 1 aliphatic heterocycles. The van der Waals surface area contributed by atoms with E-state index in [0.29, 0.717) is 29.3 Å². The summed E-state index contributed by atoms with van der Waals surface area (Å²) in [6.07, 6.45) is 1.90. The van der Waals surface area contributed by atoms with Gasteiger partial charge in [0, 0.05) is 61.3 Å². The number of hydrogen-bond acceptors (Lipinski definition) is 4. The van der Waals surface area contributed by atoms with Gasteiger partial charge in [-0.2, -0.15) is 12.1 Å². The second kappa shape index (κ2) is 15.0. The van der Waals surface area contributed by atoms with Gasteiger partial charge >= 0.3 is 0 Å². The van der Waals surface area contributed by atoms with Crippen molar-refractivity contribution in [3.63, 3.8) is 0 Å². The van der Waals surface area contributed by atoms with Crippen molar-refractivity contribution in [3.8, 4) is 17.3 Å². The maximum Gasteiger partial charge on any atom is 0.135 e. The number of rotatable bonds is 8. The Morgan fingerprint density at radius 2 is 1.31 bits per heavy atom. The molecule has 1 aliphatic rings.